The Hall–Kier alpha value is -0.980. The summed E-state index contributed by atoms with van der Waals surface area (Å²) < 4.78 is 44.0. The van der Waals surface area contributed by atoms with Crippen LogP contribution < -0.4 is 10.1 Å². The summed E-state index contributed by atoms with van der Waals surface area (Å²) >= 11 is 0. The van der Waals surface area contributed by atoms with Crippen LogP contribution in [0.3, 0.4) is 0 Å². The average Bonchev–Trinajstić information content (AvgIpc) is 2.45. The number of nitrogens with zero attached hydrogens (tertiary/aromatic N) is 1. The highest BCUT2D eigenvalue weighted by Crippen LogP contribution is 2.36. The van der Waals surface area contributed by atoms with Crippen LogP contribution in [0.1, 0.15) is 23.6 Å². The van der Waals surface area contributed by atoms with Crippen molar-refractivity contribution in [1.29, 1.82) is 0 Å². The second-order valence-corrected chi connectivity index (χ2v) is 5.34. The highest BCUT2D eigenvalue weighted by molar-refractivity contribution is 5.85. The minimum Gasteiger partial charge on any atom is -0.497 e. The van der Waals surface area contributed by atoms with E-state index in [0.29, 0.717) is 18.8 Å². The van der Waals surface area contributed by atoms with Gasteiger partial charge in [-0.05, 0) is 30.2 Å². The van der Waals surface area contributed by atoms with Crippen LogP contribution in [0.2, 0.25) is 0 Å². The molecule has 1 aliphatic heterocycles. The number of benzene rings is 1. The molecule has 22 heavy (non-hydrogen) atoms. The molecule has 1 N–H and O–H groups in total. The van der Waals surface area contributed by atoms with Crippen molar-refractivity contribution in [2.75, 3.05) is 33.3 Å². The van der Waals surface area contributed by atoms with Gasteiger partial charge in [0.1, 0.15) is 5.75 Å². The van der Waals surface area contributed by atoms with Crippen LogP contribution in [0.4, 0.5) is 13.2 Å². The summed E-state index contributed by atoms with van der Waals surface area (Å²) in [6.45, 7) is 4.55. The number of aryl methyl sites for hydroxylation is 1. The van der Waals surface area contributed by atoms with Gasteiger partial charge in [-0.25, -0.2) is 0 Å². The first-order chi connectivity index (χ1) is 9.90. The Kier molecular flexibility index (Phi) is 6.97. The van der Waals surface area contributed by atoms with Crippen molar-refractivity contribution in [2.24, 2.45) is 0 Å². The van der Waals surface area contributed by atoms with E-state index in [9.17, 15) is 13.2 Å². The average molecular weight is 339 g/mol. The quantitative estimate of drug-likeness (QED) is 0.911. The fourth-order valence-electron chi connectivity index (χ4n) is 2.80. The normalized spacial score (nSPS) is 17.7. The minimum atomic E-state index is -4.18. The predicted octanol–water partition coefficient (Wildman–Crippen LogP) is 3.32. The largest absolute Gasteiger partial charge is 0.497 e. The molecule has 0 aliphatic carbocycles. The molecule has 2 rings (SSSR count). The number of methoxy groups -OCH3 is 1. The van der Waals surface area contributed by atoms with E-state index in [4.69, 9.17) is 4.74 Å². The van der Waals surface area contributed by atoms with Gasteiger partial charge in [0.2, 0.25) is 0 Å². The molecule has 3 nitrogen and oxygen atoms in total. The number of halogens is 4. The van der Waals surface area contributed by atoms with Crippen LogP contribution >= 0.6 is 12.4 Å². The van der Waals surface area contributed by atoms with Gasteiger partial charge in [-0.3, -0.25) is 4.90 Å². The molecular weight excluding hydrogens is 317 g/mol. The summed E-state index contributed by atoms with van der Waals surface area (Å²) in [6.07, 6.45) is -5.00. The number of nitrogens with one attached hydrogen (secondary N) is 1. The second-order valence-electron chi connectivity index (χ2n) is 5.34. The summed E-state index contributed by atoms with van der Waals surface area (Å²) in [6, 6.07) is 4.65. The molecule has 0 bridgehead atoms. The zero-order valence-corrected chi connectivity index (χ0v) is 13.6. The highest BCUT2D eigenvalue weighted by atomic mass is 35.5. The van der Waals surface area contributed by atoms with E-state index in [1.54, 1.807) is 25.3 Å². The maximum atomic E-state index is 13.0. The van der Waals surface area contributed by atoms with Crippen LogP contribution in [-0.2, 0) is 0 Å². The van der Waals surface area contributed by atoms with E-state index in [2.05, 4.69) is 5.32 Å². The zero-order valence-electron chi connectivity index (χ0n) is 12.7. The third kappa shape index (κ3) is 5.04. The van der Waals surface area contributed by atoms with E-state index >= 15 is 0 Å². The third-order valence-corrected chi connectivity index (χ3v) is 3.85. The summed E-state index contributed by atoms with van der Waals surface area (Å²) in [5.41, 5.74) is 1.57. The molecule has 0 radical (unpaired) electrons. The molecule has 1 aliphatic rings. The Morgan fingerprint density at radius 3 is 2.41 bits per heavy atom. The molecule has 1 atom stereocenters. The predicted molar refractivity (Wildman–Crippen MR) is 82.8 cm³/mol. The summed E-state index contributed by atoms with van der Waals surface area (Å²) in [7, 11) is 1.55. The lowest BCUT2D eigenvalue weighted by Crippen LogP contribution is -2.46. The smallest absolute Gasteiger partial charge is 0.390 e. The van der Waals surface area contributed by atoms with Crippen molar-refractivity contribution in [1.82, 2.24) is 10.2 Å². The van der Waals surface area contributed by atoms with Crippen molar-refractivity contribution in [3.8, 4) is 5.75 Å². The molecule has 0 saturated carbocycles. The second kappa shape index (κ2) is 8.04. The van der Waals surface area contributed by atoms with E-state index in [0.717, 1.165) is 24.2 Å². The molecule has 0 unspecified atom stereocenters. The first-order valence-electron chi connectivity index (χ1n) is 7.07. The molecule has 126 valence electrons. The van der Waals surface area contributed by atoms with Crippen LogP contribution in [0, 0.1) is 6.92 Å². The topological polar surface area (TPSA) is 24.5 Å². The summed E-state index contributed by atoms with van der Waals surface area (Å²) in [5.74, 6) is 0.669. The zero-order chi connectivity index (χ0) is 15.5. The van der Waals surface area contributed by atoms with E-state index in [-0.39, 0.29) is 12.4 Å². The Morgan fingerprint density at radius 2 is 1.91 bits per heavy atom. The van der Waals surface area contributed by atoms with Crippen LogP contribution in [0.15, 0.2) is 18.2 Å². The lowest BCUT2D eigenvalue weighted by molar-refractivity contribution is -0.148. The molecule has 1 aromatic carbocycles. The number of alkyl halides is 3. The summed E-state index contributed by atoms with van der Waals surface area (Å²) in [5, 5.41) is 3.17. The Labute approximate surface area is 135 Å². The van der Waals surface area contributed by atoms with Crippen molar-refractivity contribution in [2.45, 2.75) is 25.6 Å². The fraction of sp³-hybridized carbons (Fsp3) is 0.600. The van der Waals surface area contributed by atoms with Crippen LogP contribution in [0.5, 0.6) is 5.75 Å². The SMILES string of the molecule is COc1ccc([C@H](CC(F)(F)F)N2CCNCC2)c(C)c1.Cl. The Morgan fingerprint density at radius 1 is 1.27 bits per heavy atom. The minimum absolute atomic E-state index is 0. The monoisotopic (exact) mass is 338 g/mol. The van der Waals surface area contributed by atoms with E-state index in [1.165, 1.54) is 0 Å². The van der Waals surface area contributed by atoms with Gasteiger partial charge in [0.15, 0.2) is 0 Å². The molecule has 1 heterocycles. The number of hydrogen-bond acceptors (Lipinski definition) is 3. The van der Waals surface area contributed by atoms with Crippen LogP contribution in [0.25, 0.3) is 0 Å². The van der Waals surface area contributed by atoms with Gasteiger partial charge in [0.05, 0.1) is 13.5 Å². The Bertz CT molecular complexity index is 476. The van der Waals surface area contributed by atoms with Gasteiger partial charge in [-0.1, -0.05) is 6.07 Å². The molecule has 1 fully saturated rings. The van der Waals surface area contributed by atoms with Gasteiger partial charge in [0, 0.05) is 32.2 Å². The van der Waals surface area contributed by atoms with Crippen molar-refractivity contribution >= 4 is 12.4 Å². The molecular formula is C15H22ClF3N2O. The molecule has 1 aromatic rings. The molecule has 0 amide bonds. The maximum Gasteiger partial charge on any atom is 0.390 e. The molecule has 0 aromatic heterocycles. The highest BCUT2D eigenvalue weighted by Gasteiger charge is 2.36. The molecule has 0 spiro atoms. The first-order valence-corrected chi connectivity index (χ1v) is 7.07. The van der Waals surface area contributed by atoms with Gasteiger partial charge in [-0.15, -0.1) is 12.4 Å². The van der Waals surface area contributed by atoms with Gasteiger partial charge in [-0.2, -0.15) is 13.2 Å². The van der Waals surface area contributed by atoms with Crippen molar-refractivity contribution < 1.29 is 17.9 Å². The van der Waals surface area contributed by atoms with Crippen molar-refractivity contribution in [3.63, 3.8) is 0 Å². The third-order valence-electron chi connectivity index (χ3n) is 3.85. The number of ether oxygens (including phenoxy) is 1. The van der Waals surface area contributed by atoms with Crippen molar-refractivity contribution in [3.05, 3.63) is 29.3 Å². The van der Waals surface area contributed by atoms with Crippen LogP contribution in [-0.4, -0.2) is 44.4 Å². The lowest BCUT2D eigenvalue weighted by Gasteiger charge is -2.36. The van der Waals surface area contributed by atoms with Gasteiger partial charge < -0.3 is 10.1 Å². The Balaban J connectivity index is 0.00000242. The maximum absolute atomic E-state index is 13.0. The van der Waals surface area contributed by atoms with E-state index in [1.807, 2.05) is 11.8 Å². The molecule has 7 heteroatoms. The fourth-order valence-corrected chi connectivity index (χ4v) is 2.80. The number of piperazine rings is 1. The lowest BCUT2D eigenvalue weighted by atomic mass is 9.96. The summed E-state index contributed by atoms with van der Waals surface area (Å²) in [4.78, 5) is 1.92. The number of hydrogen-bond donors (Lipinski definition) is 1. The standard InChI is InChI=1S/C15H21F3N2O.ClH/c1-11-9-12(21-2)3-4-13(11)14(10-15(16,17)18)20-7-5-19-6-8-20;/h3-4,9,14,19H,5-8,10H2,1-2H3;1H/t14-;/m0./s1. The van der Waals surface area contributed by atoms with Gasteiger partial charge >= 0.3 is 6.18 Å². The first kappa shape index (κ1) is 19.1. The van der Waals surface area contributed by atoms with Gasteiger partial charge in [0.25, 0.3) is 0 Å². The van der Waals surface area contributed by atoms with E-state index < -0.39 is 18.6 Å². The number of rotatable bonds is 4. The molecule has 1 saturated heterocycles.